The van der Waals surface area contributed by atoms with E-state index in [0.29, 0.717) is 18.7 Å². The van der Waals surface area contributed by atoms with Crippen LogP contribution in [0.2, 0.25) is 0 Å². The Hall–Kier alpha value is -3.02. The number of anilines is 1. The number of carbonyl (C=O) groups is 3. The molecule has 2 aliphatic heterocycles. The molecule has 0 spiro atoms. The van der Waals surface area contributed by atoms with Gasteiger partial charge in [-0.3, -0.25) is 14.4 Å². The molecule has 0 aromatic heterocycles. The lowest BCUT2D eigenvalue weighted by Gasteiger charge is -2.36. The standard InChI is InChI=1S/C30H41N5O5S/c1-19(31-2)28(36)33-26(21-10-5-4-6-11-21)30(38)34-16-15-25-27(34)24(18-35(25)41(3,39)40)29(37)32-23-14-13-20-9-7-8-12-22(20)17-23/h7-9,12-14,17,19,21,24-27,31H,4-6,10-11,15-16,18H2,1-3H3,(H,32,37)(H,33,36)/t19-,24-,25+,26-,27+/m0/s1. The monoisotopic (exact) mass is 583 g/mol. The summed E-state index contributed by atoms with van der Waals surface area (Å²) >= 11 is 0. The Balaban J connectivity index is 1.42. The molecule has 2 heterocycles. The van der Waals surface area contributed by atoms with Crippen LogP contribution in [0.5, 0.6) is 0 Å². The molecule has 3 amide bonds. The van der Waals surface area contributed by atoms with Gasteiger partial charge in [0, 0.05) is 24.8 Å². The quantitative estimate of drug-likeness (QED) is 0.438. The van der Waals surface area contributed by atoms with Crippen molar-refractivity contribution in [2.24, 2.45) is 11.8 Å². The lowest BCUT2D eigenvalue weighted by atomic mass is 9.83. The number of nitrogens with zero attached hydrogens (tertiary/aromatic N) is 2. The summed E-state index contributed by atoms with van der Waals surface area (Å²) in [6.45, 7) is 2.09. The van der Waals surface area contributed by atoms with Crippen molar-refractivity contribution in [3.8, 4) is 0 Å². The van der Waals surface area contributed by atoms with Gasteiger partial charge < -0.3 is 20.9 Å². The Kier molecular flexibility index (Phi) is 8.68. The second kappa shape index (κ2) is 12.1. The topological polar surface area (TPSA) is 128 Å². The van der Waals surface area contributed by atoms with Gasteiger partial charge in [0.25, 0.3) is 0 Å². The molecule has 2 aromatic carbocycles. The van der Waals surface area contributed by atoms with E-state index in [4.69, 9.17) is 0 Å². The van der Waals surface area contributed by atoms with Gasteiger partial charge in [0.15, 0.2) is 0 Å². The van der Waals surface area contributed by atoms with Gasteiger partial charge in [0.05, 0.1) is 24.3 Å². The summed E-state index contributed by atoms with van der Waals surface area (Å²) in [6, 6.07) is 11.2. The average molecular weight is 584 g/mol. The Labute approximate surface area is 242 Å². The van der Waals surface area contributed by atoms with E-state index in [9.17, 15) is 22.8 Å². The zero-order valence-electron chi connectivity index (χ0n) is 24.0. The first-order valence-corrected chi connectivity index (χ1v) is 16.5. The molecular weight excluding hydrogens is 542 g/mol. The number of nitrogens with one attached hydrogen (secondary N) is 3. The van der Waals surface area contributed by atoms with E-state index in [-0.39, 0.29) is 30.2 Å². The van der Waals surface area contributed by atoms with Crippen LogP contribution in [-0.2, 0) is 24.4 Å². The Morgan fingerprint density at radius 2 is 1.68 bits per heavy atom. The second-order valence-corrected chi connectivity index (χ2v) is 13.7. The number of benzene rings is 2. The Bertz CT molecular complexity index is 1410. The lowest BCUT2D eigenvalue weighted by molar-refractivity contribution is -0.140. The molecule has 10 nitrogen and oxygen atoms in total. The minimum absolute atomic E-state index is 0.000552. The number of rotatable bonds is 8. The maximum absolute atomic E-state index is 14.3. The van der Waals surface area contributed by atoms with Gasteiger partial charge in [-0.25, -0.2) is 8.42 Å². The number of hydrogen-bond acceptors (Lipinski definition) is 6. The molecule has 0 unspecified atom stereocenters. The molecule has 5 atom stereocenters. The van der Waals surface area contributed by atoms with Crippen LogP contribution in [0.25, 0.3) is 10.8 Å². The third kappa shape index (κ3) is 6.12. The van der Waals surface area contributed by atoms with Crippen LogP contribution in [0, 0.1) is 11.8 Å². The Morgan fingerprint density at radius 3 is 2.37 bits per heavy atom. The highest BCUT2D eigenvalue weighted by atomic mass is 32.2. The van der Waals surface area contributed by atoms with Gasteiger partial charge in [-0.2, -0.15) is 4.31 Å². The van der Waals surface area contributed by atoms with Crippen LogP contribution in [-0.4, -0.2) is 85.9 Å². The maximum atomic E-state index is 14.3. The van der Waals surface area contributed by atoms with Crippen LogP contribution in [0.3, 0.4) is 0 Å². The third-order valence-electron chi connectivity index (χ3n) is 9.15. The first kappa shape index (κ1) is 29.5. The van der Waals surface area contributed by atoms with Crippen molar-refractivity contribution in [1.82, 2.24) is 19.8 Å². The van der Waals surface area contributed by atoms with Gasteiger partial charge >= 0.3 is 0 Å². The molecule has 2 aromatic rings. The van der Waals surface area contributed by atoms with Crippen molar-refractivity contribution in [2.45, 2.75) is 69.6 Å². The SMILES string of the molecule is CN[C@@H](C)C(=O)N[C@H](C(=O)N1CC[C@@H]2[C@H]1[C@@H](C(=O)Nc1ccc3ccccc3c1)CN2S(C)(=O)=O)C1CCCCC1. The number of carbonyl (C=O) groups excluding carboxylic acids is 3. The molecule has 1 aliphatic carbocycles. The molecule has 3 N–H and O–H groups in total. The molecule has 41 heavy (non-hydrogen) atoms. The van der Waals surface area contributed by atoms with E-state index < -0.39 is 40.1 Å². The zero-order chi connectivity index (χ0) is 29.3. The number of hydrogen-bond donors (Lipinski definition) is 3. The zero-order valence-corrected chi connectivity index (χ0v) is 24.8. The number of likely N-dealkylation sites (tertiary alicyclic amines) is 1. The minimum Gasteiger partial charge on any atom is -0.343 e. The smallest absolute Gasteiger partial charge is 0.245 e. The van der Waals surface area contributed by atoms with Gasteiger partial charge in [0.1, 0.15) is 6.04 Å². The van der Waals surface area contributed by atoms with Crippen molar-refractivity contribution in [3.05, 3.63) is 42.5 Å². The molecule has 0 bridgehead atoms. The summed E-state index contributed by atoms with van der Waals surface area (Å²) in [7, 11) is -1.91. The van der Waals surface area contributed by atoms with E-state index in [0.717, 1.165) is 49.1 Å². The Morgan fingerprint density at radius 1 is 0.976 bits per heavy atom. The second-order valence-electron chi connectivity index (χ2n) is 11.8. The highest BCUT2D eigenvalue weighted by Crippen LogP contribution is 2.39. The number of likely N-dealkylation sites (N-methyl/N-ethyl adjacent to an activating group) is 1. The van der Waals surface area contributed by atoms with Crippen molar-refractivity contribution in [1.29, 1.82) is 0 Å². The molecule has 0 radical (unpaired) electrons. The predicted octanol–water partition coefficient (Wildman–Crippen LogP) is 2.31. The molecular formula is C30H41N5O5S. The van der Waals surface area contributed by atoms with E-state index in [1.54, 1.807) is 18.9 Å². The first-order valence-electron chi connectivity index (χ1n) is 14.6. The van der Waals surface area contributed by atoms with Gasteiger partial charge in [-0.05, 0) is 62.1 Å². The molecule has 11 heteroatoms. The fourth-order valence-electron chi connectivity index (χ4n) is 6.85. The van der Waals surface area contributed by atoms with Gasteiger partial charge in [-0.1, -0.05) is 49.6 Å². The molecule has 2 saturated heterocycles. The van der Waals surface area contributed by atoms with Crippen LogP contribution in [0.1, 0.15) is 45.4 Å². The number of amides is 3. The summed E-state index contributed by atoms with van der Waals surface area (Å²) in [6.07, 6.45) is 6.38. The predicted molar refractivity (Wildman–Crippen MR) is 159 cm³/mol. The van der Waals surface area contributed by atoms with Crippen LogP contribution in [0.15, 0.2) is 42.5 Å². The lowest BCUT2D eigenvalue weighted by Crippen LogP contribution is -2.58. The molecule has 3 aliphatic rings. The highest BCUT2D eigenvalue weighted by molar-refractivity contribution is 7.88. The molecule has 1 saturated carbocycles. The molecule has 3 fully saturated rings. The van der Waals surface area contributed by atoms with E-state index in [1.165, 1.54) is 4.31 Å². The summed E-state index contributed by atoms with van der Waals surface area (Å²) in [5, 5.41) is 11.0. The largest absolute Gasteiger partial charge is 0.343 e. The normalized spacial score (nSPS) is 25.0. The summed E-state index contributed by atoms with van der Waals surface area (Å²) in [4.78, 5) is 42.6. The van der Waals surface area contributed by atoms with Crippen molar-refractivity contribution < 1.29 is 22.8 Å². The maximum Gasteiger partial charge on any atom is 0.245 e. The van der Waals surface area contributed by atoms with E-state index >= 15 is 0 Å². The summed E-state index contributed by atoms with van der Waals surface area (Å²) < 4.78 is 27.0. The molecule has 222 valence electrons. The van der Waals surface area contributed by atoms with Crippen molar-refractivity contribution in [3.63, 3.8) is 0 Å². The first-order chi connectivity index (χ1) is 19.6. The van der Waals surface area contributed by atoms with E-state index in [2.05, 4.69) is 16.0 Å². The fraction of sp³-hybridized carbons (Fsp3) is 0.567. The minimum atomic E-state index is -3.61. The van der Waals surface area contributed by atoms with E-state index in [1.807, 2.05) is 42.5 Å². The van der Waals surface area contributed by atoms with Crippen molar-refractivity contribution in [2.75, 3.05) is 31.7 Å². The van der Waals surface area contributed by atoms with Crippen molar-refractivity contribution >= 4 is 44.2 Å². The van der Waals surface area contributed by atoms with Crippen LogP contribution in [0.4, 0.5) is 5.69 Å². The van der Waals surface area contributed by atoms with Gasteiger partial charge in [0.2, 0.25) is 27.7 Å². The van der Waals surface area contributed by atoms with Crippen LogP contribution < -0.4 is 16.0 Å². The molecule has 5 rings (SSSR count). The number of sulfonamides is 1. The average Bonchev–Trinajstić information content (AvgIpc) is 3.56. The van der Waals surface area contributed by atoms with Crippen LogP contribution >= 0.6 is 0 Å². The highest BCUT2D eigenvalue weighted by Gasteiger charge is 2.56. The van der Waals surface area contributed by atoms with Gasteiger partial charge in [-0.15, -0.1) is 0 Å². The summed E-state index contributed by atoms with van der Waals surface area (Å²) in [5.41, 5.74) is 0.618. The fourth-order valence-corrected chi connectivity index (χ4v) is 8.00. The summed E-state index contributed by atoms with van der Waals surface area (Å²) in [5.74, 6) is -1.53. The third-order valence-corrected chi connectivity index (χ3v) is 10.4. The number of fused-ring (bicyclic) bond motifs is 2.